The van der Waals surface area contributed by atoms with E-state index in [1.165, 1.54) is 0 Å². The van der Waals surface area contributed by atoms with Crippen LogP contribution in [0.25, 0.3) is 16.5 Å². The summed E-state index contributed by atoms with van der Waals surface area (Å²) in [5.41, 5.74) is 1.65. The van der Waals surface area contributed by atoms with Crippen LogP contribution in [-0.4, -0.2) is 14.8 Å². The molecule has 17 heavy (non-hydrogen) atoms. The minimum atomic E-state index is 0.678. The maximum absolute atomic E-state index is 9.08. The zero-order chi connectivity index (χ0) is 11.7. The van der Waals surface area contributed by atoms with E-state index in [0.29, 0.717) is 5.56 Å². The van der Waals surface area contributed by atoms with Gasteiger partial charge in [0.2, 0.25) is 0 Å². The second-order valence-corrected chi connectivity index (χ2v) is 3.66. The van der Waals surface area contributed by atoms with Crippen LogP contribution in [0.15, 0.2) is 49.1 Å². The van der Waals surface area contributed by atoms with Crippen molar-refractivity contribution in [3.05, 3.63) is 54.6 Å². The molecule has 0 aliphatic rings. The third-order valence-corrected chi connectivity index (χ3v) is 2.72. The molecule has 3 aromatic rings. The Labute approximate surface area is 97.8 Å². The molecule has 0 aliphatic heterocycles. The van der Waals surface area contributed by atoms with E-state index >= 15 is 0 Å². The lowest BCUT2D eigenvalue weighted by Crippen LogP contribution is -1.93. The highest BCUT2D eigenvalue weighted by molar-refractivity contribution is 5.94. The summed E-state index contributed by atoms with van der Waals surface area (Å²) in [6, 6.07) is 13.7. The van der Waals surface area contributed by atoms with E-state index in [9.17, 15) is 0 Å². The highest BCUT2D eigenvalue weighted by Crippen LogP contribution is 2.24. The summed E-state index contributed by atoms with van der Waals surface area (Å²) < 4.78 is 1.84. The number of benzene rings is 2. The van der Waals surface area contributed by atoms with Crippen LogP contribution in [-0.2, 0) is 0 Å². The highest BCUT2D eigenvalue weighted by atomic mass is 15.2. The van der Waals surface area contributed by atoms with E-state index < -0.39 is 0 Å². The molecule has 4 heteroatoms. The first kappa shape index (κ1) is 9.55. The third kappa shape index (κ3) is 1.45. The Morgan fingerprint density at radius 2 is 1.65 bits per heavy atom. The number of nitrogens with zero attached hydrogens (tertiary/aromatic N) is 4. The molecule has 4 nitrogen and oxygen atoms in total. The van der Waals surface area contributed by atoms with Gasteiger partial charge in [-0.2, -0.15) is 5.26 Å². The average Bonchev–Trinajstić information content (AvgIpc) is 2.91. The molecule has 0 saturated carbocycles. The highest BCUT2D eigenvalue weighted by Gasteiger charge is 2.06. The number of hydrogen-bond acceptors (Lipinski definition) is 3. The van der Waals surface area contributed by atoms with Crippen molar-refractivity contribution >= 4 is 10.8 Å². The Balaban J connectivity index is 2.40. The van der Waals surface area contributed by atoms with E-state index in [0.717, 1.165) is 16.5 Å². The van der Waals surface area contributed by atoms with Gasteiger partial charge in [0.1, 0.15) is 12.7 Å². The molecule has 80 valence electrons. The molecule has 0 spiro atoms. The number of hydrogen-bond donors (Lipinski definition) is 0. The predicted octanol–water partition coefficient (Wildman–Crippen LogP) is 2.29. The van der Waals surface area contributed by atoms with Crippen molar-refractivity contribution in [3.8, 4) is 11.8 Å². The molecule has 0 N–H and O–H groups in total. The fourth-order valence-corrected chi connectivity index (χ4v) is 1.93. The van der Waals surface area contributed by atoms with E-state index in [1.54, 1.807) is 12.7 Å². The van der Waals surface area contributed by atoms with E-state index in [-0.39, 0.29) is 0 Å². The minimum absolute atomic E-state index is 0.678. The first-order valence-electron chi connectivity index (χ1n) is 5.17. The predicted molar refractivity (Wildman–Crippen MR) is 63.6 cm³/mol. The maximum atomic E-state index is 9.08. The van der Waals surface area contributed by atoms with Gasteiger partial charge in [0.25, 0.3) is 0 Å². The fraction of sp³-hybridized carbons (Fsp3) is 0. The standard InChI is InChI=1S/C13H8N4/c14-7-10-5-6-13(17-8-15-16-9-17)12-4-2-1-3-11(10)12/h1-6,8-9H. The summed E-state index contributed by atoms with van der Waals surface area (Å²) >= 11 is 0. The number of aromatic nitrogens is 3. The first-order valence-corrected chi connectivity index (χ1v) is 5.17. The lowest BCUT2D eigenvalue weighted by molar-refractivity contribution is 1.07. The smallest absolute Gasteiger partial charge is 0.123 e. The number of rotatable bonds is 1. The van der Waals surface area contributed by atoms with Crippen molar-refractivity contribution in [3.63, 3.8) is 0 Å². The van der Waals surface area contributed by atoms with Crippen molar-refractivity contribution in [2.24, 2.45) is 0 Å². The van der Waals surface area contributed by atoms with Gasteiger partial charge in [0.15, 0.2) is 0 Å². The summed E-state index contributed by atoms with van der Waals surface area (Å²) in [5, 5.41) is 18.6. The van der Waals surface area contributed by atoms with Gasteiger partial charge in [-0.25, -0.2) is 0 Å². The van der Waals surface area contributed by atoms with E-state index in [4.69, 9.17) is 5.26 Å². The Kier molecular flexibility index (Phi) is 2.09. The molecule has 0 unspecified atom stereocenters. The van der Waals surface area contributed by atoms with Crippen molar-refractivity contribution in [1.29, 1.82) is 5.26 Å². The van der Waals surface area contributed by atoms with Gasteiger partial charge >= 0.3 is 0 Å². The van der Waals surface area contributed by atoms with Gasteiger partial charge in [-0.15, -0.1) is 10.2 Å². The fourth-order valence-electron chi connectivity index (χ4n) is 1.93. The average molecular weight is 220 g/mol. The van der Waals surface area contributed by atoms with Crippen LogP contribution in [0, 0.1) is 11.3 Å². The summed E-state index contributed by atoms with van der Waals surface area (Å²) in [5.74, 6) is 0. The Morgan fingerprint density at radius 1 is 0.941 bits per heavy atom. The summed E-state index contributed by atoms with van der Waals surface area (Å²) in [7, 11) is 0. The molecule has 1 heterocycles. The Bertz CT molecular complexity index is 708. The molecule has 0 atom stereocenters. The summed E-state index contributed by atoms with van der Waals surface area (Å²) in [6.45, 7) is 0. The van der Waals surface area contributed by atoms with Crippen LogP contribution in [0.1, 0.15) is 5.56 Å². The number of nitriles is 1. The molecule has 0 fully saturated rings. The lowest BCUT2D eigenvalue weighted by atomic mass is 10.0. The molecule has 0 amide bonds. The van der Waals surface area contributed by atoms with Gasteiger partial charge in [0.05, 0.1) is 17.3 Å². The van der Waals surface area contributed by atoms with Crippen LogP contribution in [0.5, 0.6) is 0 Å². The molecule has 0 radical (unpaired) electrons. The molecule has 0 saturated heterocycles. The third-order valence-electron chi connectivity index (χ3n) is 2.72. The molecular formula is C13H8N4. The van der Waals surface area contributed by atoms with Gasteiger partial charge in [-0.05, 0) is 12.1 Å². The van der Waals surface area contributed by atoms with Gasteiger partial charge in [-0.1, -0.05) is 24.3 Å². The van der Waals surface area contributed by atoms with Crippen LogP contribution in [0.2, 0.25) is 0 Å². The minimum Gasteiger partial charge on any atom is -0.288 e. The summed E-state index contributed by atoms with van der Waals surface area (Å²) in [6.07, 6.45) is 3.29. The molecular weight excluding hydrogens is 212 g/mol. The molecule has 2 aromatic carbocycles. The van der Waals surface area contributed by atoms with Gasteiger partial charge in [0, 0.05) is 10.8 Å². The molecule has 0 bridgehead atoms. The molecule has 0 aliphatic carbocycles. The second kappa shape index (κ2) is 3.72. The first-order chi connectivity index (χ1) is 8.40. The van der Waals surface area contributed by atoms with Crippen molar-refractivity contribution in [2.75, 3.05) is 0 Å². The van der Waals surface area contributed by atoms with Gasteiger partial charge in [-0.3, -0.25) is 4.57 Å². The summed E-state index contributed by atoms with van der Waals surface area (Å²) in [4.78, 5) is 0. The zero-order valence-corrected chi connectivity index (χ0v) is 8.91. The molecule has 1 aromatic heterocycles. The van der Waals surface area contributed by atoms with Gasteiger partial charge < -0.3 is 0 Å². The number of fused-ring (bicyclic) bond motifs is 1. The normalized spacial score (nSPS) is 10.3. The van der Waals surface area contributed by atoms with Crippen LogP contribution < -0.4 is 0 Å². The largest absolute Gasteiger partial charge is 0.288 e. The van der Waals surface area contributed by atoms with Crippen molar-refractivity contribution in [2.45, 2.75) is 0 Å². The lowest BCUT2D eigenvalue weighted by Gasteiger charge is -2.07. The topological polar surface area (TPSA) is 54.5 Å². The van der Waals surface area contributed by atoms with Crippen LogP contribution in [0.3, 0.4) is 0 Å². The maximum Gasteiger partial charge on any atom is 0.123 e. The Morgan fingerprint density at radius 3 is 2.35 bits per heavy atom. The van der Waals surface area contributed by atoms with E-state index in [1.807, 2.05) is 41.0 Å². The van der Waals surface area contributed by atoms with Crippen LogP contribution >= 0.6 is 0 Å². The second-order valence-electron chi connectivity index (χ2n) is 3.66. The van der Waals surface area contributed by atoms with E-state index in [2.05, 4.69) is 16.3 Å². The quantitative estimate of drug-likeness (QED) is 0.632. The SMILES string of the molecule is N#Cc1ccc(-n2cnnc2)c2ccccc12. The van der Waals surface area contributed by atoms with Crippen molar-refractivity contribution in [1.82, 2.24) is 14.8 Å². The van der Waals surface area contributed by atoms with Crippen molar-refractivity contribution < 1.29 is 0 Å². The zero-order valence-electron chi connectivity index (χ0n) is 8.91. The Hall–Kier alpha value is -2.67. The monoisotopic (exact) mass is 220 g/mol. The van der Waals surface area contributed by atoms with Crippen LogP contribution in [0.4, 0.5) is 0 Å². The molecule has 3 rings (SSSR count).